The fraction of sp³-hybridized carbons (Fsp3) is 0.333. The van der Waals surface area contributed by atoms with E-state index in [-0.39, 0.29) is 16.6 Å². The highest BCUT2D eigenvalue weighted by Gasteiger charge is 2.15. The lowest BCUT2D eigenvalue weighted by molar-refractivity contribution is 0.602. The van der Waals surface area contributed by atoms with E-state index in [0.717, 1.165) is 6.42 Å². The summed E-state index contributed by atoms with van der Waals surface area (Å²) in [6.45, 7) is 4.14. The van der Waals surface area contributed by atoms with Gasteiger partial charge in [0.15, 0.2) is 9.84 Å². The first-order valence-electron chi connectivity index (χ1n) is 6.68. The van der Waals surface area contributed by atoms with E-state index in [1.54, 1.807) is 23.5 Å². The van der Waals surface area contributed by atoms with Crippen LogP contribution in [0.5, 0.6) is 0 Å². The van der Waals surface area contributed by atoms with E-state index in [1.807, 2.05) is 0 Å². The molecule has 0 radical (unpaired) electrons. The fourth-order valence-electron chi connectivity index (χ4n) is 2.21. The molecule has 0 aliphatic rings. The number of benzene rings is 1. The molecular weight excluding hydrogens is 304 g/mol. The molecule has 21 heavy (non-hydrogen) atoms. The van der Waals surface area contributed by atoms with Gasteiger partial charge in [-0.1, -0.05) is 6.07 Å². The van der Waals surface area contributed by atoms with E-state index in [4.69, 9.17) is 5.73 Å². The summed E-state index contributed by atoms with van der Waals surface area (Å²) in [5, 5.41) is 3.30. The van der Waals surface area contributed by atoms with Crippen LogP contribution < -0.4 is 11.1 Å². The number of para-hydroxylation sites is 1. The van der Waals surface area contributed by atoms with Gasteiger partial charge in [-0.2, -0.15) is 0 Å². The molecule has 1 aromatic carbocycles. The summed E-state index contributed by atoms with van der Waals surface area (Å²) in [6.07, 6.45) is 2.04. The number of rotatable bonds is 5. The molecule has 0 saturated heterocycles. The lowest BCUT2D eigenvalue weighted by Crippen LogP contribution is -2.19. The van der Waals surface area contributed by atoms with Gasteiger partial charge in [0.1, 0.15) is 0 Å². The van der Waals surface area contributed by atoms with Gasteiger partial charge in [-0.05, 0) is 38.1 Å². The van der Waals surface area contributed by atoms with Crippen molar-refractivity contribution in [1.82, 2.24) is 0 Å². The van der Waals surface area contributed by atoms with E-state index >= 15 is 0 Å². The molecule has 2 aromatic rings. The van der Waals surface area contributed by atoms with Crippen molar-refractivity contribution < 1.29 is 8.42 Å². The first-order chi connectivity index (χ1) is 9.77. The minimum atomic E-state index is -3.31. The highest BCUT2D eigenvalue weighted by Crippen LogP contribution is 2.27. The van der Waals surface area contributed by atoms with Crippen molar-refractivity contribution in [2.24, 2.45) is 0 Å². The van der Waals surface area contributed by atoms with E-state index in [9.17, 15) is 8.42 Å². The number of thiophene rings is 1. The van der Waals surface area contributed by atoms with Crippen LogP contribution in [0.25, 0.3) is 0 Å². The molecule has 1 atom stereocenters. The summed E-state index contributed by atoms with van der Waals surface area (Å²) >= 11 is 1.77. The average Bonchev–Trinajstić information content (AvgIpc) is 2.75. The minimum absolute atomic E-state index is 0.167. The minimum Gasteiger partial charge on any atom is -0.396 e. The van der Waals surface area contributed by atoms with Crippen LogP contribution in [0.15, 0.2) is 35.2 Å². The van der Waals surface area contributed by atoms with E-state index in [2.05, 4.69) is 31.3 Å². The van der Waals surface area contributed by atoms with Crippen molar-refractivity contribution in [1.29, 1.82) is 0 Å². The molecule has 0 amide bonds. The Morgan fingerprint density at radius 1 is 1.29 bits per heavy atom. The molecule has 0 spiro atoms. The SMILES string of the molecule is Cc1ccc(CC(C)Nc2cccc(S(C)(=O)=O)c2N)s1. The lowest BCUT2D eigenvalue weighted by Gasteiger charge is -2.17. The van der Waals surface area contributed by atoms with Gasteiger partial charge in [0.25, 0.3) is 0 Å². The summed E-state index contributed by atoms with van der Waals surface area (Å²) in [6, 6.07) is 9.43. The number of hydrogen-bond acceptors (Lipinski definition) is 5. The highest BCUT2D eigenvalue weighted by molar-refractivity contribution is 7.90. The smallest absolute Gasteiger partial charge is 0.177 e. The van der Waals surface area contributed by atoms with Crippen molar-refractivity contribution in [3.63, 3.8) is 0 Å². The number of sulfone groups is 1. The number of anilines is 2. The molecule has 0 aliphatic carbocycles. The Balaban J connectivity index is 2.16. The Kier molecular flexibility index (Phi) is 4.58. The van der Waals surface area contributed by atoms with Gasteiger partial charge in [0.2, 0.25) is 0 Å². The Morgan fingerprint density at radius 2 is 2.00 bits per heavy atom. The van der Waals surface area contributed by atoms with Crippen molar-refractivity contribution in [3.8, 4) is 0 Å². The molecular formula is C15H20N2O2S2. The first-order valence-corrected chi connectivity index (χ1v) is 9.38. The molecule has 3 N–H and O–H groups in total. The van der Waals surface area contributed by atoms with Gasteiger partial charge >= 0.3 is 0 Å². The Hall–Kier alpha value is -1.53. The number of nitrogens with one attached hydrogen (secondary N) is 1. The summed E-state index contributed by atoms with van der Waals surface area (Å²) in [7, 11) is -3.31. The average molecular weight is 324 g/mol. The molecule has 0 saturated carbocycles. The van der Waals surface area contributed by atoms with Gasteiger partial charge < -0.3 is 11.1 Å². The second-order valence-electron chi connectivity index (χ2n) is 5.25. The van der Waals surface area contributed by atoms with E-state index < -0.39 is 9.84 Å². The zero-order chi connectivity index (χ0) is 15.6. The van der Waals surface area contributed by atoms with Crippen LogP contribution in [0.3, 0.4) is 0 Å². The Labute approximate surface area is 129 Å². The predicted octanol–water partition coefficient (Wildman–Crippen LogP) is 3.09. The van der Waals surface area contributed by atoms with Crippen LogP contribution in [-0.2, 0) is 16.3 Å². The zero-order valence-corrected chi connectivity index (χ0v) is 14.0. The second-order valence-corrected chi connectivity index (χ2v) is 8.61. The monoisotopic (exact) mass is 324 g/mol. The molecule has 2 rings (SSSR count). The third kappa shape index (κ3) is 3.98. The summed E-state index contributed by atoms with van der Waals surface area (Å²) in [4.78, 5) is 2.76. The van der Waals surface area contributed by atoms with Crippen molar-refractivity contribution >= 4 is 32.5 Å². The highest BCUT2D eigenvalue weighted by atomic mass is 32.2. The van der Waals surface area contributed by atoms with Gasteiger partial charge in [0, 0.05) is 28.5 Å². The largest absolute Gasteiger partial charge is 0.396 e. The third-order valence-corrected chi connectivity index (χ3v) is 5.35. The predicted molar refractivity (Wildman–Crippen MR) is 89.8 cm³/mol. The maximum atomic E-state index is 11.7. The number of nitrogens with two attached hydrogens (primary N) is 1. The van der Waals surface area contributed by atoms with Crippen molar-refractivity contribution in [2.75, 3.05) is 17.3 Å². The fourth-order valence-corrected chi connectivity index (χ4v) is 4.06. The maximum absolute atomic E-state index is 11.7. The van der Waals surface area contributed by atoms with Gasteiger partial charge in [-0.25, -0.2) is 8.42 Å². The van der Waals surface area contributed by atoms with Crippen LogP contribution in [0.1, 0.15) is 16.7 Å². The quantitative estimate of drug-likeness (QED) is 0.829. The van der Waals surface area contributed by atoms with Crippen molar-refractivity contribution in [2.45, 2.75) is 31.2 Å². The normalized spacial score (nSPS) is 13.1. The summed E-state index contributed by atoms with van der Waals surface area (Å²) in [5.41, 5.74) is 6.93. The molecule has 6 heteroatoms. The standard InChI is InChI=1S/C15H20N2O2S2/c1-10(9-12-8-7-11(2)20-12)17-13-5-4-6-14(15(13)16)21(3,18)19/h4-8,10,17H,9,16H2,1-3H3. The molecule has 0 aliphatic heterocycles. The summed E-state index contributed by atoms with van der Waals surface area (Å²) < 4.78 is 23.4. The van der Waals surface area contributed by atoms with Crippen LogP contribution in [-0.4, -0.2) is 20.7 Å². The van der Waals surface area contributed by atoms with Crippen LogP contribution in [0.4, 0.5) is 11.4 Å². The lowest BCUT2D eigenvalue weighted by atomic mass is 10.2. The molecule has 0 bridgehead atoms. The maximum Gasteiger partial charge on any atom is 0.177 e. The van der Waals surface area contributed by atoms with E-state index in [0.29, 0.717) is 5.69 Å². The Morgan fingerprint density at radius 3 is 2.57 bits per heavy atom. The molecule has 1 aromatic heterocycles. The summed E-state index contributed by atoms with van der Waals surface area (Å²) in [5.74, 6) is 0. The Bertz CT molecular complexity index is 736. The third-order valence-electron chi connectivity index (χ3n) is 3.17. The molecule has 114 valence electrons. The van der Waals surface area contributed by atoms with Gasteiger partial charge in [-0.15, -0.1) is 11.3 Å². The van der Waals surface area contributed by atoms with Crippen molar-refractivity contribution in [3.05, 3.63) is 40.1 Å². The number of aryl methyl sites for hydroxylation is 1. The molecule has 4 nitrogen and oxygen atoms in total. The van der Waals surface area contributed by atoms with Gasteiger partial charge in [0.05, 0.1) is 16.3 Å². The van der Waals surface area contributed by atoms with Crippen LogP contribution >= 0.6 is 11.3 Å². The van der Waals surface area contributed by atoms with Gasteiger partial charge in [-0.3, -0.25) is 0 Å². The zero-order valence-electron chi connectivity index (χ0n) is 12.4. The number of nitrogen functional groups attached to an aromatic ring is 1. The first kappa shape index (κ1) is 15.9. The molecule has 1 unspecified atom stereocenters. The van der Waals surface area contributed by atoms with Crippen LogP contribution in [0.2, 0.25) is 0 Å². The van der Waals surface area contributed by atoms with Crippen LogP contribution in [0, 0.1) is 6.92 Å². The second kappa shape index (κ2) is 6.07. The molecule has 0 fully saturated rings. The number of hydrogen-bond donors (Lipinski definition) is 2. The topological polar surface area (TPSA) is 72.2 Å². The molecule has 1 heterocycles. The van der Waals surface area contributed by atoms with E-state index in [1.165, 1.54) is 22.1 Å².